The molecule has 1 aromatic carbocycles. The predicted octanol–water partition coefficient (Wildman–Crippen LogP) is 2.70. The van der Waals surface area contributed by atoms with Gasteiger partial charge in [-0.05, 0) is 37.6 Å². The van der Waals surface area contributed by atoms with E-state index in [9.17, 15) is 9.18 Å². The number of anilines is 1. The van der Waals surface area contributed by atoms with E-state index >= 15 is 0 Å². The smallest absolute Gasteiger partial charge is 0.241 e. The molecule has 1 aliphatic rings. The molecule has 0 bridgehead atoms. The molecule has 17 heavy (non-hydrogen) atoms. The van der Waals surface area contributed by atoms with Gasteiger partial charge in [-0.15, -0.1) is 12.4 Å². The topological polar surface area (TPSA) is 41.1 Å². The second-order valence-electron chi connectivity index (χ2n) is 3.76. The summed E-state index contributed by atoms with van der Waals surface area (Å²) in [6.45, 7) is 0.848. The van der Waals surface area contributed by atoms with E-state index in [-0.39, 0.29) is 30.0 Å². The first-order chi connectivity index (χ1) is 7.66. The Hall–Kier alpha value is -0.650. The Bertz CT molecular complexity index is 410. The highest BCUT2D eigenvalue weighted by Crippen LogP contribution is 2.20. The monoisotopic (exact) mass is 322 g/mol. The van der Waals surface area contributed by atoms with Gasteiger partial charge in [0.25, 0.3) is 0 Å². The van der Waals surface area contributed by atoms with E-state index in [0.29, 0.717) is 4.47 Å². The van der Waals surface area contributed by atoms with E-state index in [4.69, 9.17) is 0 Å². The Morgan fingerprint density at radius 1 is 1.53 bits per heavy atom. The molecule has 1 amide bonds. The van der Waals surface area contributed by atoms with Crippen LogP contribution in [0.2, 0.25) is 0 Å². The van der Waals surface area contributed by atoms with Crippen LogP contribution in [0.5, 0.6) is 0 Å². The van der Waals surface area contributed by atoms with Gasteiger partial charge < -0.3 is 10.6 Å². The van der Waals surface area contributed by atoms with Crippen LogP contribution in [0.4, 0.5) is 10.1 Å². The number of carbonyl (C=O) groups is 1. The maximum atomic E-state index is 13.4. The van der Waals surface area contributed by atoms with Gasteiger partial charge in [0.05, 0.1) is 11.7 Å². The van der Waals surface area contributed by atoms with Crippen molar-refractivity contribution in [3.05, 3.63) is 28.5 Å². The number of hydrogen-bond donors (Lipinski definition) is 2. The summed E-state index contributed by atoms with van der Waals surface area (Å²) in [7, 11) is 0. The van der Waals surface area contributed by atoms with Crippen LogP contribution < -0.4 is 10.6 Å². The third-order valence-electron chi connectivity index (χ3n) is 2.57. The Morgan fingerprint density at radius 3 is 2.88 bits per heavy atom. The highest BCUT2D eigenvalue weighted by atomic mass is 79.9. The second-order valence-corrected chi connectivity index (χ2v) is 4.68. The van der Waals surface area contributed by atoms with Gasteiger partial charge >= 0.3 is 0 Å². The Kier molecular flexibility index (Phi) is 5.36. The van der Waals surface area contributed by atoms with Crippen molar-refractivity contribution in [2.45, 2.75) is 18.9 Å². The van der Waals surface area contributed by atoms with Gasteiger partial charge in [0.2, 0.25) is 5.91 Å². The molecule has 1 fully saturated rings. The maximum Gasteiger partial charge on any atom is 0.241 e. The van der Waals surface area contributed by atoms with Crippen LogP contribution in [-0.4, -0.2) is 18.5 Å². The van der Waals surface area contributed by atoms with Crippen LogP contribution in [0.1, 0.15) is 12.8 Å². The first-order valence-corrected chi connectivity index (χ1v) is 5.95. The fourth-order valence-electron chi connectivity index (χ4n) is 1.72. The van der Waals surface area contributed by atoms with Crippen molar-refractivity contribution in [2.75, 3.05) is 11.9 Å². The SMILES string of the molecule is Cl.O=C(Nc1ccc(Br)cc1F)[C@@H]1CCCN1. The molecule has 1 atom stereocenters. The molecule has 2 rings (SSSR count). The highest BCUT2D eigenvalue weighted by molar-refractivity contribution is 9.10. The Labute approximate surface area is 114 Å². The van der Waals surface area contributed by atoms with Crippen LogP contribution in [0.15, 0.2) is 22.7 Å². The molecule has 1 aromatic rings. The lowest BCUT2D eigenvalue weighted by molar-refractivity contribution is -0.117. The first-order valence-electron chi connectivity index (χ1n) is 5.16. The molecule has 1 aliphatic heterocycles. The van der Waals surface area contributed by atoms with Crippen molar-refractivity contribution in [2.24, 2.45) is 0 Å². The molecule has 1 heterocycles. The molecular formula is C11H13BrClFN2O. The molecule has 6 heteroatoms. The van der Waals surface area contributed by atoms with E-state index in [0.717, 1.165) is 19.4 Å². The third-order valence-corrected chi connectivity index (χ3v) is 3.06. The summed E-state index contributed by atoms with van der Waals surface area (Å²) in [6.07, 6.45) is 1.80. The number of rotatable bonds is 2. The lowest BCUT2D eigenvalue weighted by Crippen LogP contribution is -2.35. The molecule has 0 aliphatic carbocycles. The fourth-order valence-corrected chi connectivity index (χ4v) is 2.05. The largest absolute Gasteiger partial charge is 0.322 e. The average molecular weight is 324 g/mol. The predicted molar refractivity (Wildman–Crippen MR) is 71.0 cm³/mol. The maximum absolute atomic E-state index is 13.4. The molecule has 1 saturated heterocycles. The van der Waals surface area contributed by atoms with Crippen LogP contribution in [0, 0.1) is 5.82 Å². The normalized spacial score (nSPS) is 18.6. The second kappa shape index (κ2) is 6.33. The summed E-state index contributed by atoms with van der Waals surface area (Å²) in [5.41, 5.74) is 0.224. The summed E-state index contributed by atoms with van der Waals surface area (Å²) in [4.78, 5) is 11.7. The zero-order valence-electron chi connectivity index (χ0n) is 9.00. The van der Waals surface area contributed by atoms with Crippen molar-refractivity contribution >= 4 is 39.9 Å². The molecule has 3 nitrogen and oxygen atoms in total. The molecule has 2 N–H and O–H groups in total. The van der Waals surface area contributed by atoms with Gasteiger partial charge in [-0.2, -0.15) is 0 Å². The van der Waals surface area contributed by atoms with Crippen LogP contribution >= 0.6 is 28.3 Å². The zero-order chi connectivity index (χ0) is 11.5. The Balaban J connectivity index is 0.00000144. The number of hydrogen-bond acceptors (Lipinski definition) is 2. The lowest BCUT2D eigenvalue weighted by Gasteiger charge is -2.11. The van der Waals surface area contributed by atoms with E-state index in [1.165, 1.54) is 6.07 Å². The summed E-state index contributed by atoms with van der Waals surface area (Å²) < 4.78 is 14.1. The minimum Gasteiger partial charge on any atom is -0.322 e. The number of amides is 1. The zero-order valence-corrected chi connectivity index (χ0v) is 11.4. The highest BCUT2D eigenvalue weighted by Gasteiger charge is 2.22. The molecule has 0 unspecified atom stereocenters. The molecule has 0 spiro atoms. The Morgan fingerprint density at radius 2 is 2.29 bits per heavy atom. The fraction of sp³-hybridized carbons (Fsp3) is 0.364. The van der Waals surface area contributed by atoms with Crippen molar-refractivity contribution in [3.63, 3.8) is 0 Å². The van der Waals surface area contributed by atoms with Gasteiger partial charge in [-0.3, -0.25) is 4.79 Å². The van der Waals surface area contributed by atoms with Crippen LogP contribution in [-0.2, 0) is 4.79 Å². The summed E-state index contributed by atoms with van der Waals surface area (Å²) in [5, 5.41) is 5.65. The summed E-state index contributed by atoms with van der Waals surface area (Å²) >= 11 is 3.16. The minimum atomic E-state index is -0.430. The lowest BCUT2D eigenvalue weighted by atomic mass is 10.2. The standard InChI is InChI=1S/C11H12BrFN2O.ClH/c12-7-3-4-9(8(13)6-7)15-11(16)10-2-1-5-14-10;/h3-4,6,10,14H,1-2,5H2,(H,15,16);1H/t10-;/m0./s1. The molecular weight excluding hydrogens is 310 g/mol. The minimum absolute atomic E-state index is 0. The van der Waals surface area contributed by atoms with E-state index in [1.54, 1.807) is 12.1 Å². The van der Waals surface area contributed by atoms with E-state index in [2.05, 4.69) is 26.6 Å². The third kappa shape index (κ3) is 3.66. The van der Waals surface area contributed by atoms with Gasteiger partial charge in [-0.25, -0.2) is 4.39 Å². The summed E-state index contributed by atoms with van der Waals surface area (Å²) in [6, 6.07) is 4.38. The molecule has 0 radical (unpaired) electrons. The van der Waals surface area contributed by atoms with Gasteiger partial charge in [0, 0.05) is 4.47 Å². The average Bonchev–Trinajstić information content (AvgIpc) is 2.75. The molecule has 0 saturated carbocycles. The summed E-state index contributed by atoms with van der Waals surface area (Å²) in [5.74, 6) is -0.598. The van der Waals surface area contributed by atoms with Crippen LogP contribution in [0.3, 0.4) is 0 Å². The molecule has 94 valence electrons. The number of benzene rings is 1. The van der Waals surface area contributed by atoms with Gasteiger partial charge in [0.1, 0.15) is 5.82 Å². The van der Waals surface area contributed by atoms with E-state index in [1.807, 2.05) is 0 Å². The quantitative estimate of drug-likeness (QED) is 0.878. The number of halogens is 3. The van der Waals surface area contributed by atoms with Crippen molar-refractivity contribution in [1.29, 1.82) is 0 Å². The number of nitrogens with one attached hydrogen (secondary N) is 2. The van der Waals surface area contributed by atoms with Gasteiger partial charge in [-0.1, -0.05) is 15.9 Å². The number of carbonyl (C=O) groups excluding carboxylic acids is 1. The first kappa shape index (κ1) is 14.4. The van der Waals surface area contributed by atoms with Gasteiger partial charge in [0.15, 0.2) is 0 Å². The van der Waals surface area contributed by atoms with E-state index < -0.39 is 5.82 Å². The molecule has 0 aromatic heterocycles. The van der Waals surface area contributed by atoms with Crippen molar-refractivity contribution in [3.8, 4) is 0 Å². The van der Waals surface area contributed by atoms with Crippen LogP contribution in [0.25, 0.3) is 0 Å². The van der Waals surface area contributed by atoms with Crippen molar-refractivity contribution < 1.29 is 9.18 Å². The van der Waals surface area contributed by atoms with Crippen molar-refractivity contribution in [1.82, 2.24) is 5.32 Å².